The van der Waals surface area contributed by atoms with Gasteiger partial charge in [0.05, 0.1) is 13.2 Å². The SMILES string of the molecule is C#CCC(NN)c1ccc(C)c(OC)c1. The van der Waals surface area contributed by atoms with Gasteiger partial charge in [-0.1, -0.05) is 12.1 Å². The van der Waals surface area contributed by atoms with Gasteiger partial charge >= 0.3 is 0 Å². The van der Waals surface area contributed by atoms with E-state index in [2.05, 4.69) is 11.3 Å². The number of hydrazine groups is 1. The summed E-state index contributed by atoms with van der Waals surface area (Å²) in [5, 5.41) is 0. The number of aryl methyl sites for hydroxylation is 1. The maximum atomic E-state index is 5.43. The molecule has 0 aromatic heterocycles. The van der Waals surface area contributed by atoms with Gasteiger partial charge in [0.1, 0.15) is 5.75 Å². The first kappa shape index (κ1) is 11.6. The van der Waals surface area contributed by atoms with E-state index >= 15 is 0 Å². The van der Waals surface area contributed by atoms with Crippen molar-refractivity contribution in [3.8, 4) is 18.1 Å². The molecule has 0 amide bonds. The summed E-state index contributed by atoms with van der Waals surface area (Å²) in [5.74, 6) is 8.87. The van der Waals surface area contributed by atoms with Gasteiger partial charge in [-0.2, -0.15) is 0 Å². The summed E-state index contributed by atoms with van der Waals surface area (Å²) >= 11 is 0. The Kier molecular flexibility index (Phi) is 4.17. The van der Waals surface area contributed by atoms with Crippen LogP contribution in [0.4, 0.5) is 0 Å². The van der Waals surface area contributed by atoms with Gasteiger partial charge in [0, 0.05) is 6.42 Å². The Bertz CT molecular complexity index is 368. The lowest BCUT2D eigenvalue weighted by Gasteiger charge is -2.15. The standard InChI is InChI=1S/C12H16N2O/c1-4-5-11(14-13)10-7-6-9(2)12(8-10)15-3/h1,6-8,11,14H,5,13H2,2-3H3. The lowest BCUT2D eigenvalue weighted by Crippen LogP contribution is -2.27. The summed E-state index contributed by atoms with van der Waals surface area (Å²) in [7, 11) is 1.65. The van der Waals surface area contributed by atoms with Crippen LogP contribution in [-0.4, -0.2) is 7.11 Å². The van der Waals surface area contributed by atoms with Gasteiger partial charge in [0.25, 0.3) is 0 Å². The van der Waals surface area contributed by atoms with Gasteiger partial charge < -0.3 is 4.74 Å². The Labute approximate surface area is 90.6 Å². The van der Waals surface area contributed by atoms with Crippen LogP contribution in [0, 0.1) is 19.3 Å². The molecule has 1 rings (SSSR count). The molecule has 1 aromatic rings. The number of hydrogen-bond acceptors (Lipinski definition) is 3. The number of rotatable bonds is 4. The molecule has 0 heterocycles. The molecule has 0 bridgehead atoms. The lowest BCUT2D eigenvalue weighted by atomic mass is 10.0. The van der Waals surface area contributed by atoms with Gasteiger partial charge in [-0.15, -0.1) is 12.3 Å². The monoisotopic (exact) mass is 204 g/mol. The molecule has 3 heteroatoms. The second-order valence-corrected chi connectivity index (χ2v) is 3.36. The van der Waals surface area contributed by atoms with Gasteiger partial charge in [0.15, 0.2) is 0 Å². The molecule has 0 aliphatic carbocycles. The normalized spacial score (nSPS) is 11.9. The number of nitrogens with two attached hydrogens (primary N) is 1. The van der Waals surface area contributed by atoms with Crippen molar-refractivity contribution in [2.75, 3.05) is 7.11 Å². The van der Waals surface area contributed by atoms with E-state index in [9.17, 15) is 0 Å². The van der Waals surface area contributed by atoms with Crippen molar-refractivity contribution in [1.82, 2.24) is 5.43 Å². The number of methoxy groups -OCH3 is 1. The Hall–Kier alpha value is -1.50. The number of ether oxygens (including phenoxy) is 1. The van der Waals surface area contributed by atoms with Crippen LogP contribution in [0.3, 0.4) is 0 Å². The van der Waals surface area contributed by atoms with Crippen molar-refractivity contribution in [3.63, 3.8) is 0 Å². The zero-order chi connectivity index (χ0) is 11.3. The van der Waals surface area contributed by atoms with E-state index in [0.717, 1.165) is 16.9 Å². The average molecular weight is 204 g/mol. The molecule has 0 fully saturated rings. The summed E-state index contributed by atoms with van der Waals surface area (Å²) < 4.78 is 5.24. The molecule has 0 aliphatic heterocycles. The van der Waals surface area contributed by atoms with E-state index in [4.69, 9.17) is 17.0 Å². The van der Waals surface area contributed by atoms with Crippen molar-refractivity contribution < 1.29 is 4.74 Å². The minimum absolute atomic E-state index is 0.0236. The molecule has 3 N–H and O–H groups in total. The van der Waals surface area contributed by atoms with Crippen LogP contribution in [0.15, 0.2) is 18.2 Å². The van der Waals surface area contributed by atoms with Gasteiger partial charge in [0.2, 0.25) is 0 Å². The maximum absolute atomic E-state index is 5.43. The number of benzene rings is 1. The van der Waals surface area contributed by atoms with Crippen LogP contribution < -0.4 is 16.0 Å². The molecule has 0 radical (unpaired) electrons. The number of terminal acetylenes is 1. The summed E-state index contributed by atoms with van der Waals surface area (Å²) in [5.41, 5.74) is 4.83. The molecule has 3 nitrogen and oxygen atoms in total. The molecule has 0 saturated carbocycles. The third-order valence-electron chi connectivity index (χ3n) is 2.36. The van der Waals surface area contributed by atoms with Crippen molar-refractivity contribution in [2.45, 2.75) is 19.4 Å². The average Bonchev–Trinajstić information content (AvgIpc) is 2.27. The molecule has 15 heavy (non-hydrogen) atoms. The zero-order valence-corrected chi connectivity index (χ0v) is 9.08. The zero-order valence-electron chi connectivity index (χ0n) is 9.08. The highest BCUT2D eigenvalue weighted by atomic mass is 16.5. The smallest absolute Gasteiger partial charge is 0.122 e. The van der Waals surface area contributed by atoms with E-state index in [1.165, 1.54) is 0 Å². The molecule has 1 aromatic carbocycles. The summed E-state index contributed by atoms with van der Waals surface area (Å²) in [4.78, 5) is 0. The van der Waals surface area contributed by atoms with Gasteiger partial charge in [-0.25, -0.2) is 0 Å². The maximum Gasteiger partial charge on any atom is 0.122 e. The van der Waals surface area contributed by atoms with Crippen LogP contribution in [-0.2, 0) is 0 Å². The first-order valence-corrected chi connectivity index (χ1v) is 4.77. The lowest BCUT2D eigenvalue weighted by molar-refractivity contribution is 0.410. The minimum atomic E-state index is -0.0236. The molecule has 0 saturated heterocycles. The van der Waals surface area contributed by atoms with E-state index in [-0.39, 0.29) is 6.04 Å². The van der Waals surface area contributed by atoms with Crippen molar-refractivity contribution in [3.05, 3.63) is 29.3 Å². The predicted octanol–water partition coefficient (Wildman–Crippen LogP) is 1.53. The largest absolute Gasteiger partial charge is 0.496 e. The molecule has 0 aliphatic rings. The van der Waals surface area contributed by atoms with Crippen LogP contribution in [0.1, 0.15) is 23.6 Å². The van der Waals surface area contributed by atoms with Crippen molar-refractivity contribution >= 4 is 0 Å². The quantitative estimate of drug-likeness (QED) is 0.444. The van der Waals surface area contributed by atoms with E-state index in [0.29, 0.717) is 6.42 Å². The molecular formula is C12H16N2O. The summed E-state index contributed by atoms with van der Waals surface area (Å²) in [6, 6.07) is 5.93. The topological polar surface area (TPSA) is 47.3 Å². The molecule has 1 unspecified atom stereocenters. The fourth-order valence-electron chi connectivity index (χ4n) is 1.44. The Morgan fingerprint density at radius 1 is 1.60 bits per heavy atom. The van der Waals surface area contributed by atoms with Gasteiger partial charge in [-0.3, -0.25) is 11.3 Å². The number of hydrogen-bond donors (Lipinski definition) is 2. The van der Waals surface area contributed by atoms with E-state index in [1.54, 1.807) is 7.11 Å². The van der Waals surface area contributed by atoms with Crippen LogP contribution in [0.2, 0.25) is 0 Å². The molecule has 1 atom stereocenters. The highest BCUT2D eigenvalue weighted by Crippen LogP contribution is 2.24. The van der Waals surface area contributed by atoms with E-state index < -0.39 is 0 Å². The highest BCUT2D eigenvalue weighted by Gasteiger charge is 2.09. The van der Waals surface area contributed by atoms with Crippen LogP contribution in [0.5, 0.6) is 5.75 Å². The fraction of sp³-hybridized carbons (Fsp3) is 0.333. The number of nitrogens with one attached hydrogen (secondary N) is 1. The van der Waals surface area contributed by atoms with Crippen molar-refractivity contribution in [1.29, 1.82) is 0 Å². The first-order chi connectivity index (χ1) is 7.22. The predicted molar refractivity (Wildman–Crippen MR) is 61.2 cm³/mol. The Morgan fingerprint density at radius 2 is 2.33 bits per heavy atom. The van der Waals surface area contributed by atoms with Crippen molar-refractivity contribution in [2.24, 2.45) is 5.84 Å². The third-order valence-corrected chi connectivity index (χ3v) is 2.36. The molecule has 80 valence electrons. The summed E-state index contributed by atoms with van der Waals surface area (Å²) in [6.45, 7) is 1.99. The van der Waals surface area contributed by atoms with Crippen LogP contribution >= 0.6 is 0 Å². The van der Waals surface area contributed by atoms with Gasteiger partial charge in [-0.05, 0) is 24.1 Å². The first-order valence-electron chi connectivity index (χ1n) is 4.77. The third kappa shape index (κ3) is 2.72. The Morgan fingerprint density at radius 3 is 2.87 bits per heavy atom. The molecule has 0 spiro atoms. The van der Waals surface area contributed by atoms with Crippen LogP contribution in [0.25, 0.3) is 0 Å². The second kappa shape index (κ2) is 5.40. The fourth-order valence-corrected chi connectivity index (χ4v) is 1.44. The minimum Gasteiger partial charge on any atom is -0.496 e. The second-order valence-electron chi connectivity index (χ2n) is 3.36. The Balaban J connectivity index is 2.99. The molecular weight excluding hydrogens is 188 g/mol. The summed E-state index contributed by atoms with van der Waals surface area (Å²) in [6.07, 6.45) is 5.82. The highest BCUT2D eigenvalue weighted by molar-refractivity contribution is 5.38. The van der Waals surface area contributed by atoms with E-state index in [1.807, 2.05) is 25.1 Å².